The van der Waals surface area contributed by atoms with Crippen molar-refractivity contribution in [2.24, 2.45) is 0 Å². The number of carbonyl (C=O) groups excluding carboxylic acids is 1. The summed E-state index contributed by atoms with van der Waals surface area (Å²) < 4.78 is 12.0. The Morgan fingerprint density at radius 1 is 1.03 bits per heavy atom. The third-order valence-electron chi connectivity index (χ3n) is 6.32. The van der Waals surface area contributed by atoms with E-state index in [1.165, 1.54) is 5.57 Å². The van der Waals surface area contributed by atoms with Crippen molar-refractivity contribution in [1.82, 2.24) is 9.80 Å². The average molecular weight is 405 g/mol. The van der Waals surface area contributed by atoms with Gasteiger partial charge in [-0.05, 0) is 49.6 Å². The van der Waals surface area contributed by atoms with Crippen LogP contribution >= 0.6 is 0 Å². The van der Waals surface area contributed by atoms with E-state index in [4.69, 9.17) is 9.47 Å². The Hall–Kier alpha value is -2.79. The highest BCUT2D eigenvalue weighted by Crippen LogP contribution is 2.33. The van der Waals surface area contributed by atoms with Crippen LogP contribution in [0.4, 0.5) is 0 Å². The molecule has 5 rings (SSSR count). The number of fused-ring (bicyclic) bond motifs is 1. The fraction of sp³-hybridized carbons (Fsp3) is 0.400. The van der Waals surface area contributed by atoms with Gasteiger partial charge in [-0.15, -0.1) is 0 Å². The molecule has 156 valence electrons. The average Bonchev–Trinajstić information content (AvgIpc) is 3.08. The van der Waals surface area contributed by atoms with Crippen molar-refractivity contribution < 1.29 is 14.3 Å². The third kappa shape index (κ3) is 3.70. The molecule has 5 nitrogen and oxygen atoms in total. The molecule has 2 atom stereocenters. The van der Waals surface area contributed by atoms with Crippen LogP contribution in [0.2, 0.25) is 0 Å². The van der Waals surface area contributed by atoms with Gasteiger partial charge in [-0.2, -0.15) is 0 Å². The van der Waals surface area contributed by atoms with Gasteiger partial charge in [0.05, 0.1) is 0 Å². The lowest BCUT2D eigenvalue weighted by Crippen LogP contribution is -2.52. The molecule has 0 N–H and O–H groups in total. The van der Waals surface area contributed by atoms with Crippen LogP contribution in [0.5, 0.6) is 11.5 Å². The first-order valence-corrected chi connectivity index (χ1v) is 10.9. The molecule has 0 radical (unpaired) electrons. The maximum absolute atomic E-state index is 13.3. The van der Waals surface area contributed by atoms with Crippen molar-refractivity contribution >= 4 is 11.5 Å². The van der Waals surface area contributed by atoms with Crippen LogP contribution in [0.3, 0.4) is 0 Å². The van der Waals surface area contributed by atoms with Gasteiger partial charge in [-0.1, -0.05) is 42.5 Å². The topological polar surface area (TPSA) is 42.0 Å². The SMILES string of the molecule is CC1=C(c2ccccc2)C(=O)N(C2CCCN(CC3COc4ccccc4O3)C2)C1. The third-order valence-corrected chi connectivity index (χ3v) is 6.32. The summed E-state index contributed by atoms with van der Waals surface area (Å²) in [6.07, 6.45) is 2.17. The molecule has 0 bridgehead atoms. The first-order chi connectivity index (χ1) is 14.7. The minimum absolute atomic E-state index is 0.0210. The number of hydrogen-bond donors (Lipinski definition) is 0. The Kier molecular flexibility index (Phi) is 5.21. The Morgan fingerprint density at radius 2 is 1.80 bits per heavy atom. The molecule has 2 aromatic rings. The zero-order chi connectivity index (χ0) is 20.5. The smallest absolute Gasteiger partial charge is 0.255 e. The summed E-state index contributed by atoms with van der Waals surface area (Å²) in [4.78, 5) is 17.8. The van der Waals surface area contributed by atoms with E-state index < -0.39 is 0 Å². The van der Waals surface area contributed by atoms with Gasteiger partial charge in [-0.3, -0.25) is 9.69 Å². The standard InChI is InChI=1S/C25H28N2O3/c1-18-14-27(25(28)24(18)19-8-3-2-4-9-19)20-10-7-13-26(15-20)16-21-17-29-22-11-5-6-12-23(22)30-21/h2-6,8-9,11-12,20-21H,7,10,13-17H2,1H3. The Labute approximate surface area is 177 Å². The van der Waals surface area contributed by atoms with E-state index >= 15 is 0 Å². The van der Waals surface area contributed by atoms with E-state index in [0.29, 0.717) is 6.61 Å². The molecule has 30 heavy (non-hydrogen) atoms. The van der Waals surface area contributed by atoms with Crippen molar-refractivity contribution in [2.45, 2.75) is 31.9 Å². The predicted octanol–water partition coefficient (Wildman–Crippen LogP) is 3.61. The van der Waals surface area contributed by atoms with Gasteiger partial charge in [0.2, 0.25) is 0 Å². The quantitative estimate of drug-likeness (QED) is 0.781. The van der Waals surface area contributed by atoms with Crippen LogP contribution in [-0.2, 0) is 4.79 Å². The number of ether oxygens (including phenoxy) is 2. The van der Waals surface area contributed by atoms with Crippen LogP contribution in [0, 0.1) is 0 Å². The number of amides is 1. The van der Waals surface area contributed by atoms with Gasteiger partial charge >= 0.3 is 0 Å². The predicted molar refractivity (Wildman–Crippen MR) is 117 cm³/mol. The number of likely N-dealkylation sites (tertiary alicyclic amines) is 1. The number of para-hydroxylation sites is 2. The van der Waals surface area contributed by atoms with Crippen molar-refractivity contribution in [1.29, 1.82) is 0 Å². The largest absolute Gasteiger partial charge is 0.486 e. The number of rotatable bonds is 4. The van der Waals surface area contributed by atoms with Crippen molar-refractivity contribution in [3.8, 4) is 11.5 Å². The summed E-state index contributed by atoms with van der Waals surface area (Å²) in [5.74, 6) is 1.82. The van der Waals surface area contributed by atoms with Crippen LogP contribution < -0.4 is 9.47 Å². The molecule has 3 heterocycles. The first-order valence-electron chi connectivity index (χ1n) is 10.9. The Balaban J connectivity index is 1.23. The number of hydrogen-bond acceptors (Lipinski definition) is 4. The number of benzene rings is 2. The van der Waals surface area contributed by atoms with E-state index in [2.05, 4.69) is 16.7 Å². The zero-order valence-corrected chi connectivity index (χ0v) is 17.4. The van der Waals surface area contributed by atoms with E-state index in [1.807, 2.05) is 54.6 Å². The second kappa shape index (κ2) is 8.15. The molecule has 3 aliphatic rings. The van der Waals surface area contributed by atoms with Crippen LogP contribution in [-0.4, -0.2) is 60.6 Å². The second-order valence-electron chi connectivity index (χ2n) is 8.51. The first kappa shape index (κ1) is 19.2. The number of nitrogens with zero attached hydrogens (tertiary/aromatic N) is 2. The summed E-state index contributed by atoms with van der Waals surface area (Å²) in [6.45, 7) is 6.15. The Morgan fingerprint density at radius 3 is 2.63 bits per heavy atom. The lowest BCUT2D eigenvalue weighted by Gasteiger charge is -2.39. The molecule has 0 aromatic heterocycles. The van der Waals surface area contributed by atoms with Gasteiger partial charge in [0.15, 0.2) is 11.5 Å². The molecule has 3 aliphatic heterocycles. The van der Waals surface area contributed by atoms with Gasteiger partial charge in [0.25, 0.3) is 5.91 Å². The Bertz CT molecular complexity index is 956. The van der Waals surface area contributed by atoms with Crippen molar-refractivity contribution in [2.75, 3.05) is 32.8 Å². The maximum atomic E-state index is 13.3. The molecule has 1 fully saturated rings. The van der Waals surface area contributed by atoms with Gasteiger partial charge in [0, 0.05) is 31.2 Å². The van der Waals surface area contributed by atoms with Gasteiger partial charge in [-0.25, -0.2) is 0 Å². The highest BCUT2D eigenvalue weighted by atomic mass is 16.6. The monoisotopic (exact) mass is 404 g/mol. The van der Waals surface area contributed by atoms with Crippen LogP contribution in [0.25, 0.3) is 5.57 Å². The molecule has 5 heteroatoms. The number of piperidine rings is 1. The summed E-state index contributed by atoms with van der Waals surface area (Å²) in [5.41, 5.74) is 3.08. The normalized spacial score (nSPS) is 24.4. The fourth-order valence-electron chi connectivity index (χ4n) is 4.89. The fourth-order valence-corrected chi connectivity index (χ4v) is 4.89. The lowest BCUT2D eigenvalue weighted by atomic mass is 10.0. The minimum Gasteiger partial charge on any atom is -0.486 e. The second-order valence-corrected chi connectivity index (χ2v) is 8.51. The zero-order valence-electron chi connectivity index (χ0n) is 17.4. The molecular formula is C25H28N2O3. The minimum atomic E-state index is 0.0210. The summed E-state index contributed by atoms with van der Waals surface area (Å²) in [5, 5.41) is 0. The molecule has 0 spiro atoms. The highest BCUT2D eigenvalue weighted by Gasteiger charge is 2.36. The summed E-state index contributed by atoms with van der Waals surface area (Å²) in [7, 11) is 0. The van der Waals surface area contributed by atoms with Gasteiger partial charge in [0.1, 0.15) is 12.7 Å². The molecule has 1 saturated heterocycles. The summed E-state index contributed by atoms with van der Waals surface area (Å²) >= 11 is 0. The maximum Gasteiger partial charge on any atom is 0.255 e. The van der Waals surface area contributed by atoms with Crippen molar-refractivity contribution in [3.05, 3.63) is 65.7 Å². The lowest BCUT2D eigenvalue weighted by molar-refractivity contribution is -0.126. The highest BCUT2D eigenvalue weighted by molar-refractivity contribution is 6.22. The molecular weight excluding hydrogens is 376 g/mol. The van der Waals surface area contributed by atoms with Crippen LogP contribution in [0.1, 0.15) is 25.3 Å². The molecule has 0 saturated carbocycles. The number of carbonyl (C=O) groups is 1. The van der Waals surface area contributed by atoms with Gasteiger partial charge < -0.3 is 14.4 Å². The van der Waals surface area contributed by atoms with Crippen LogP contribution in [0.15, 0.2) is 60.2 Å². The van der Waals surface area contributed by atoms with Crippen molar-refractivity contribution in [3.63, 3.8) is 0 Å². The van der Waals surface area contributed by atoms with E-state index in [1.54, 1.807) is 0 Å². The van der Waals surface area contributed by atoms with E-state index in [9.17, 15) is 4.79 Å². The van der Waals surface area contributed by atoms with E-state index in [0.717, 1.165) is 61.7 Å². The molecule has 1 amide bonds. The molecule has 0 aliphatic carbocycles. The molecule has 2 aromatic carbocycles. The molecule has 2 unspecified atom stereocenters. The van der Waals surface area contributed by atoms with E-state index in [-0.39, 0.29) is 18.1 Å². The summed E-state index contributed by atoms with van der Waals surface area (Å²) in [6, 6.07) is 18.1.